The maximum atomic E-state index is 11.8. The zero-order valence-corrected chi connectivity index (χ0v) is 12.8. The zero-order valence-electron chi connectivity index (χ0n) is 12.8. The summed E-state index contributed by atoms with van der Waals surface area (Å²) in [5.41, 5.74) is 1.02. The number of rotatable bonds is 10. The van der Waals surface area contributed by atoms with Gasteiger partial charge in [-0.05, 0) is 24.1 Å². The van der Waals surface area contributed by atoms with E-state index < -0.39 is 0 Å². The quantitative estimate of drug-likeness (QED) is 0.662. The van der Waals surface area contributed by atoms with E-state index in [1.165, 1.54) is 32.1 Å². The number of methoxy groups -OCH3 is 1. The van der Waals surface area contributed by atoms with Gasteiger partial charge in [-0.15, -0.1) is 0 Å². The summed E-state index contributed by atoms with van der Waals surface area (Å²) in [7, 11) is 1.64. The Hall–Kier alpha value is -1.51. The van der Waals surface area contributed by atoms with Gasteiger partial charge in [-0.2, -0.15) is 0 Å². The van der Waals surface area contributed by atoms with Crippen LogP contribution in [-0.2, 0) is 11.2 Å². The molecule has 0 heterocycles. The van der Waals surface area contributed by atoms with Crippen LogP contribution in [0.2, 0.25) is 0 Å². The minimum absolute atomic E-state index is 0.101. The Morgan fingerprint density at radius 3 is 2.35 bits per heavy atom. The second kappa shape index (κ2) is 10.3. The molecule has 0 aromatic heterocycles. The van der Waals surface area contributed by atoms with Gasteiger partial charge in [0.1, 0.15) is 5.75 Å². The van der Waals surface area contributed by atoms with Gasteiger partial charge >= 0.3 is 0 Å². The summed E-state index contributed by atoms with van der Waals surface area (Å²) >= 11 is 0. The molecule has 1 N–H and O–H groups in total. The number of unbranched alkanes of at least 4 members (excludes halogenated alkanes) is 5. The largest absolute Gasteiger partial charge is 0.497 e. The number of nitrogens with one attached hydrogen (secondary N) is 1. The van der Waals surface area contributed by atoms with Gasteiger partial charge in [0, 0.05) is 6.54 Å². The average Bonchev–Trinajstić information content (AvgIpc) is 2.47. The van der Waals surface area contributed by atoms with Gasteiger partial charge in [0.15, 0.2) is 0 Å². The molecule has 0 saturated carbocycles. The molecule has 0 fully saturated rings. The second-order valence-electron chi connectivity index (χ2n) is 5.14. The van der Waals surface area contributed by atoms with Gasteiger partial charge in [-0.3, -0.25) is 4.79 Å². The van der Waals surface area contributed by atoms with Crippen molar-refractivity contribution in [1.29, 1.82) is 0 Å². The number of hydrogen-bond donors (Lipinski definition) is 1. The fourth-order valence-electron chi connectivity index (χ4n) is 2.12. The summed E-state index contributed by atoms with van der Waals surface area (Å²) < 4.78 is 5.09. The first-order valence-corrected chi connectivity index (χ1v) is 7.66. The Morgan fingerprint density at radius 1 is 1.05 bits per heavy atom. The third kappa shape index (κ3) is 7.17. The number of benzene rings is 1. The van der Waals surface area contributed by atoms with Crippen molar-refractivity contribution in [3.05, 3.63) is 29.8 Å². The van der Waals surface area contributed by atoms with E-state index in [0.29, 0.717) is 6.42 Å². The lowest BCUT2D eigenvalue weighted by atomic mass is 10.1. The van der Waals surface area contributed by atoms with Crippen molar-refractivity contribution in [2.45, 2.75) is 51.9 Å². The molecule has 20 heavy (non-hydrogen) atoms. The van der Waals surface area contributed by atoms with Crippen molar-refractivity contribution in [3.8, 4) is 5.75 Å². The second-order valence-corrected chi connectivity index (χ2v) is 5.14. The Balaban J connectivity index is 2.10. The van der Waals surface area contributed by atoms with Crippen molar-refractivity contribution in [2.24, 2.45) is 0 Å². The van der Waals surface area contributed by atoms with Gasteiger partial charge < -0.3 is 10.1 Å². The molecular formula is C17H27NO2. The Morgan fingerprint density at radius 2 is 1.70 bits per heavy atom. The van der Waals surface area contributed by atoms with E-state index in [1.54, 1.807) is 7.11 Å². The van der Waals surface area contributed by atoms with Gasteiger partial charge in [0.25, 0.3) is 0 Å². The lowest BCUT2D eigenvalue weighted by Gasteiger charge is -2.06. The Labute approximate surface area is 122 Å². The summed E-state index contributed by atoms with van der Waals surface area (Å²) in [6.45, 7) is 3.01. The fourth-order valence-corrected chi connectivity index (χ4v) is 2.12. The van der Waals surface area contributed by atoms with Crippen LogP contribution in [0, 0.1) is 0 Å². The maximum absolute atomic E-state index is 11.8. The van der Waals surface area contributed by atoms with Crippen LogP contribution in [0.3, 0.4) is 0 Å². The minimum atomic E-state index is 0.101. The molecule has 1 rings (SSSR count). The van der Waals surface area contributed by atoms with Gasteiger partial charge in [-0.25, -0.2) is 0 Å². The first-order chi connectivity index (χ1) is 9.76. The van der Waals surface area contributed by atoms with E-state index in [4.69, 9.17) is 4.74 Å². The van der Waals surface area contributed by atoms with Gasteiger partial charge in [0.05, 0.1) is 13.5 Å². The van der Waals surface area contributed by atoms with Gasteiger partial charge in [0.2, 0.25) is 5.91 Å². The molecule has 0 radical (unpaired) electrons. The van der Waals surface area contributed by atoms with E-state index in [0.717, 1.165) is 24.3 Å². The molecule has 0 bridgehead atoms. The van der Waals surface area contributed by atoms with Crippen LogP contribution < -0.4 is 10.1 Å². The predicted molar refractivity (Wildman–Crippen MR) is 83.1 cm³/mol. The zero-order chi connectivity index (χ0) is 14.6. The number of carbonyl (C=O) groups excluding carboxylic acids is 1. The standard InChI is InChI=1S/C17H27NO2/c1-3-4-5-6-7-8-13-18-17(19)14-15-9-11-16(20-2)12-10-15/h9-12H,3-8,13-14H2,1-2H3,(H,18,19). The molecular weight excluding hydrogens is 250 g/mol. The maximum Gasteiger partial charge on any atom is 0.224 e. The summed E-state index contributed by atoms with van der Waals surface area (Å²) in [5.74, 6) is 0.921. The van der Waals surface area contributed by atoms with E-state index in [2.05, 4.69) is 12.2 Å². The first kappa shape index (κ1) is 16.5. The highest BCUT2D eigenvalue weighted by atomic mass is 16.5. The number of carbonyl (C=O) groups is 1. The molecule has 0 aliphatic heterocycles. The van der Waals surface area contributed by atoms with Crippen LogP contribution in [-0.4, -0.2) is 19.6 Å². The smallest absolute Gasteiger partial charge is 0.224 e. The van der Waals surface area contributed by atoms with Crippen molar-refractivity contribution >= 4 is 5.91 Å². The average molecular weight is 277 g/mol. The van der Waals surface area contributed by atoms with Crippen LogP contribution in [0.25, 0.3) is 0 Å². The van der Waals surface area contributed by atoms with Crippen molar-refractivity contribution in [1.82, 2.24) is 5.32 Å². The van der Waals surface area contributed by atoms with Crippen LogP contribution in [0.1, 0.15) is 51.0 Å². The normalized spacial score (nSPS) is 10.3. The lowest BCUT2D eigenvalue weighted by Crippen LogP contribution is -2.26. The third-order valence-electron chi connectivity index (χ3n) is 3.38. The molecule has 0 spiro atoms. The Kier molecular flexibility index (Phi) is 8.52. The SMILES string of the molecule is CCCCCCCCNC(=O)Cc1ccc(OC)cc1. The highest BCUT2D eigenvalue weighted by molar-refractivity contribution is 5.78. The molecule has 3 heteroatoms. The highest BCUT2D eigenvalue weighted by Crippen LogP contribution is 2.11. The lowest BCUT2D eigenvalue weighted by molar-refractivity contribution is -0.120. The van der Waals surface area contributed by atoms with Gasteiger partial charge in [-0.1, -0.05) is 51.2 Å². The minimum Gasteiger partial charge on any atom is -0.497 e. The Bertz CT molecular complexity index is 373. The molecule has 0 aliphatic rings. The van der Waals surface area contributed by atoms with Crippen molar-refractivity contribution in [2.75, 3.05) is 13.7 Å². The summed E-state index contributed by atoms with van der Waals surface area (Å²) in [6.07, 6.45) is 7.93. The molecule has 1 aromatic carbocycles. The number of amides is 1. The molecule has 1 aromatic rings. The van der Waals surface area contributed by atoms with Crippen LogP contribution in [0.5, 0.6) is 5.75 Å². The number of hydrogen-bond acceptors (Lipinski definition) is 2. The predicted octanol–water partition coefficient (Wildman–Crippen LogP) is 3.71. The van der Waals surface area contributed by atoms with Crippen molar-refractivity contribution in [3.63, 3.8) is 0 Å². The molecule has 1 amide bonds. The van der Waals surface area contributed by atoms with Crippen LogP contribution in [0.4, 0.5) is 0 Å². The topological polar surface area (TPSA) is 38.3 Å². The molecule has 0 aliphatic carbocycles. The first-order valence-electron chi connectivity index (χ1n) is 7.66. The fraction of sp³-hybridized carbons (Fsp3) is 0.588. The molecule has 0 saturated heterocycles. The summed E-state index contributed by atoms with van der Waals surface area (Å²) in [5, 5.41) is 2.98. The molecule has 0 atom stereocenters. The van der Waals surface area contributed by atoms with Crippen LogP contribution >= 0.6 is 0 Å². The number of ether oxygens (including phenoxy) is 1. The molecule has 0 unspecified atom stereocenters. The van der Waals surface area contributed by atoms with Crippen molar-refractivity contribution < 1.29 is 9.53 Å². The van der Waals surface area contributed by atoms with E-state index in [1.807, 2.05) is 24.3 Å². The molecule has 3 nitrogen and oxygen atoms in total. The molecule has 112 valence electrons. The van der Waals surface area contributed by atoms with Crippen LogP contribution in [0.15, 0.2) is 24.3 Å². The summed E-state index contributed by atoms with van der Waals surface area (Å²) in [6, 6.07) is 7.64. The summed E-state index contributed by atoms with van der Waals surface area (Å²) in [4.78, 5) is 11.8. The van der Waals surface area contributed by atoms with E-state index in [-0.39, 0.29) is 5.91 Å². The van der Waals surface area contributed by atoms with E-state index in [9.17, 15) is 4.79 Å². The third-order valence-corrected chi connectivity index (χ3v) is 3.38. The van der Waals surface area contributed by atoms with E-state index >= 15 is 0 Å². The highest BCUT2D eigenvalue weighted by Gasteiger charge is 2.02. The monoisotopic (exact) mass is 277 g/mol.